The van der Waals surface area contributed by atoms with Crippen LogP contribution in [0.1, 0.15) is 41.7 Å². The fourth-order valence-electron chi connectivity index (χ4n) is 4.60. The maximum absolute atomic E-state index is 14.1. The first kappa shape index (κ1) is 29.9. The van der Waals surface area contributed by atoms with E-state index in [2.05, 4.69) is 5.32 Å². The van der Waals surface area contributed by atoms with Gasteiger partial charge in [-0.2, -0.15) is 0 Å². The first-order chi connectivity index (χ1) is 18.4. The van der Waals surface area contributed by atoms with E-state index < -0.39 is 28.5 Å². The minimum absolute atomic E-state index is 0.130. The van der Waals surface area contributed by atoms with Crippen LogP contribution >= 0.6 is 0 Å². The summed E-state index contributed by atoms with van der Waals surface area (Å²) in [5.74, 6) is -0.740. The maximum Gasteiger partial charge on any atom is 0.244 e. The summed E-state index contributed by atoms with van der Waals surface area (Å²) in [5, 5.41) is 2.96. The van der Waals surface area contributed by atoms with Crippen LogP contribution in [-0.2, 0) is 32.6 Å². The standard InChI is InChI=1S/C31H39N3O4S/c1-22(2)32-31(36)28(19-26-13-8-7-9-14-26)33(20-27-17-15-23(3)16-18-27)29(35)21-34(39(6,37)38)30-24(4)11-10-12-25(30)5/h7-18,22,28H,19-21H2,1-6H3,(H,32,36)/t28-/m1/s1. The lowest BCUT2D eigenvalue weighted by Crippen LogP contribution is -2.54. The van der Waals surface area contributed by atoms with E-state index >= 15 is 0 Å². The SMILES string of the molecule is Cc1ccc(CN(C(=O)CN(c2c(C)cccc2C)S(C)(=O)=O)[C@H](Cc2ccccc2)C(=O)NC(C)C)cc1. The highest BCUT2D eigenvalue weighted by Crippen LogP contribution is 2.27. The Labute approximate surface area is 232 Å². The van der Waals surface area contributed by atoms with Crippen LogP contribution in [0.2, 0.25) is 0 Å². The van der Waals surface area contributed by atoms with E-state index in [1.807, 2.05) is 107 Å². The molecule has 0 aliphatic carbocycles. The molecule has 3 rings (SSSR count). The first-order valence-corrected chi connectivity index (χ1v) is 14.9. The maximum atomic E-state index is 14.1. The molecule has 0 aliphatic heterocycles. The zero-order chi connectivity index (χ0) is 28.7. The number of nitrogens with one attached hydrogen (secondary N) is 1. The predicted octanol–water partition coefficient (Wildman–Crippen LogP) is 4.54. The average Bonchev–Trinajstić information content (AvgIpc) is 2.86. The third-order valence-corrected chi connectivity index (χ3v) is 7.66. The summed E-state index contributed by atoms with van der Waals surface area (Å²) in [6, 6.07) is 21.8. The lowest BCUT2D eigenvalue weighted by atomic mass is 10.0. The van der Waals surface area contributed by atoms with E-state index in [1.54, 1.807) is 0 Å². The van der Waals surface area contributed by atoms with Crippen molar-refractivity contribution in [1.82, 2.24) is 10.2 Å². The Bertz CT molecular complexity index is 1370. The van der Waals surface area contributed by atoms with Crippen LogP contribution < -0.4 is 9.62 Å². The number of amides is 2. The Balaban J connectivity index is 2.08. The van der Waals surface area contributed by atoms with Crippen molar-refractivity contribution in [3.63, 3.8) is 0 Å². The van der Waals surface area contributed by atoms with Gasteiger partial charge in [0.25, 0.3) is 0 Å². The highest BCUT2D eigenvalue weighted by atomic mass is 32.2. The van der Waals surface area contributed by atoms with Crippen LogP contribution in [0.5, 0.6) is 0 Å². The van der Waals surface area contributed by atoms with Crippen molar-refractivity contribution in [2.24, 2.45) is 0 Å². The third-order valence-electron chi connectivity index (χ3n) is 6.54. The van der Waals surface area contributed by atoms with Gasteiger partial charge in [-0.3, -0.25) is 13.9 Å². The molecule has 0 saturated carbocycles. The zero-order valence-electron chi connectivity index (χ0n) is 23.6. The number of hydrogen-bond acceptors (Lipinski definition) is 4. The Kier molecular flexibility index (Phi) is 9.92. The molecule has 0 aromatic heterocycles. The molecule has 0 aliphatic rings. The minimum atomic E-state index is -3.81. The van der Waals surface area contributed by atoms with Crippen molar-refractivity contribution >= 4 is 27.5 Å². The molecule has 0 bridgehead atoms. The van der Waals surface area contributed by atoms with Crippen LogP contribution in [0.4, 0.5) is 5.69 Å². The van der Waals surface area contributed by atoms with Crippen LogP contribution in [0.25, 0.3) is 0 Å². The van der Waals surface area contributed by atoms with Crippen LogP contribution in [0, 0.1) is 20.8 Å². The Morgan fingerprint density at radius 1 is 0.821 bits per heavy atom. The number of hydrogen-bond donors (Lipinski definition) is 1. The molecule has 39 heavy (non-hydrogen) atoms. The van der Waals surface area contributed by atoms with Gasteiger partial charge in [0.2, 0.25) is 21.8 Å². The minimum Gasteiger partial charge on any atom is -0.352 e. The van der Waals surface area contributed by atoms with Gasteiger partial charge in [0.1, 0.15) is 12.6 Å². The summed E-state index contributed by atoms with van der Waals surface area (Å²) in [6.45, 7) is 9.11. The Hall–Kier alpha value is -3.65. The summed E-state index contributed by atoms with van der Waals surface area (Å²) in [7, 11) is -3.81. The second kappa shape index (κ2) is 12.9. The van der Waals surface area contributed by atoms with Gasteiger partial charge in [0, 0.05) is 19.0 Å². The molecular weight excluding hydrogens is 510 g/mol. The van der Waals surface area contributed by atoms with Gasteiger partial charge < -0.3 is 10.2 Å². The van der Waals surface area contributed by atoms with Crippen LogP contribution in [0.3, 0.4) is 0 Å². The number of sulfonamides is 1. The van der Waals surface area contributed by atoms with E-state index in [0.29, 0.717) is 12.1 Å². The molecule has 1 N–H and O–H groups in total. The molecule has 0 saturated heterocycles. The van der Waals surface area contributed by atoms with Gasteiger partial charge in [0.05, 0.1) is 11.9 Å². The lowest BCUT2D eigenvalue weighted by molar-refractivity contribution is -0.140. The van der Waals surface area contributed by atoms with E-state index in [9.17, 15) is 18.0 Å². The number of carbonyl (C=O) groups excluding carboxylic acids is 2. The summed E-state index contributed by atoms with van der Waals surface area (Å²) < 4.78 is 27.2. The fourth-order valence-corrected chi connectivity index (χ4v) is 5.56. The van der Waals surface area contributed by atoms with Crippen LogP contribution in [0.15, 0.2) is 72.8 Å². The molecule has 1 atom stereocenters. The van der Waals surface area contributed by atoms with E-state index in [4.69, 9.17) is 0 Å². The van der Waals surface area contributed by atoms with Crippen molar-refractivity contribution in [3.05, 3.63) is 101 Å². The number of aryl methyl sites for hydroxylation is 3. The van der Waals surface area contributed by atoms with Gasteiger partial charge in [-0.1, -0.05) is 78.4 Å². The second-order valence-electron chi connectivity index (χ2n) is 10.4. The Morgan fingerprint density at radius 3 is 1.95 bits per heavy atom. The number of para-hydroxylation sites is 1. The molecule has 3 aromatic carbocycles. The van der Waals surface area contributed by atoms with Gasteiger partial charge in [0.15, 0.2) is 0 Å². The predicted molar refractivity (Wildman–Crippen MR) is 157 cm³/mol. The molecule has 8 heteroatoms. The molecule has 0 fully saturated rings. The number of anilines is 1. The Morgan fingerprint density at radius 2 is 1.41 bits per heavy atom. The molecule has 7 nitrogen and oxygen atoms in total. The number of nitrogens with zero attached hydrogens (tertiary/aromatic N) is 2. The highest BCUT2D eigenvalue weighted by molar-refractivity contribution is 7.92. The molecule has 3 aromatic rings. The topological polar surface area (TPSA) is 86.8 Å². The summed E-state index contributed by atoms with van der Waals surface area (Å²) in [5.41, 5.74) is 4.80. The number of benzene rings is 3. The summed E-state index contributed by atoms with van der Waals surface area (Å²) in [6.07, 6.45) is 1.39. The third kappa shape index (κ3) is 8.17. The number of rotatable bonds is 11. The summed E-state index contributed by atoms with van der Waals surface area (Å²) >= 11 is 0. The second-order valence-corrected chi connectivity index (χ2v) is 12.3. The molecule has 0 unspecified atom stereocenters. The van der Waals surface area contributed by atoms with Gasteiger partial charge >= 0.3 is 0 Å². The van der Waals surface area contributed by atoms with Crippen molar-refractivity contribution in [3.8, 4) is 0 Å². The quantitative estimate of drug-likeness (QED) is 0.380. The van der Waals surface area contributed by atoms with Crippen molar-refractivity contribution < 1.29 is 18.0 Å². The highest BCUT2D eigenvalue weighted by Gasteiger charge is 2.33. The van der Waals surface area contributed by atoms with Gasteiger partial charge in [-0.15, -0.1) is 0 Å². The van der Waals surface area contributed by atoms with Crippen molar-refractivity contribution in [2.75, 3.05) is 17.1 Å². The molecule has 2 amide bonds. The van der Waals surface area contributed by atoms with E-state index in [1.165, 1.54) is 4.90 Å². The number of carbonyl (C=O) groups is 2. The molecule has 0 radical (unpaired) electrons. The van der Waals surface area contributed by atoms with Crippen molar-refractivity contribution in [2.45, 2.75) is 59.7 Å². The van der Waals surface area contributed by atoms with Crippen molar-refractivity contribution in [1.29, 1.82) is 0 Å². The smallest absolute Gasteiger partial charge is 0.244 e. The lowest BCUT2D eigenvalue weighted by Gasteiger charge is -2.34. The van der Waals surface area contributed by atoms with Gasteiger partial charge in [-0.05, 0) is 56.9 Å². The average molecular weight is 550 g/mol. The zero-order valence-corrected chi connectivity index (χ0v) is 24.5. The largest absolute Gasteiger partial charge is 0.352 e. The molecule has 0 spiro atoms. The van der Waals surface area contributed by atoms with E-state index in [0.717, 1.165) is 38.4 Å². The molecular formula is C31H39N3O4S. The monoisotopic (exact) mass is 549 g/mol. The van der Waals surface area contributed by atoms with Gasteiger partial charge in [-0.25, -0.2) is 8.42 Å². The van der Waals surface area contributed by atoms with E-state index in [-0.39, 0.29) is 18.5 Å². The first-order valence-electron chi connectivity index (χ1n) is 13.1. The summed E-state index contributed by atoms with van der Waals surface area (Å²) in [4.78, 5) is 29.2. The normalized spacial score (nSPS) is 12.2. The van der Waals surface area contributed by atoms with Crippen LogP contribution in [-0.4, -0.2) is 50.0 Å². The fraction of sp³-hybridized carbons (Fsp3) is 0.355. The molecule has 208 valence electrons. The molecule has 0 heterocycles.